The van der Waals surface area contributed by atoms with Gasteiger partial charge in [-0.1, -0.05) is 49.4 Å². The molecule has 59 heavy (non-hydrogen) atoms. The zero-order valence-corrected chi connectivity index (χ0v) is 33.0. The minimum Gasteiger partial charge on any atom is -0.480 e. The number of carbonyl (C=O) groups is 1. The molecule has 2 fully saturated rings. The predicted molar refractivity (Wildman–Crippen MR) is 207 cm³/mol. The first kappa shape index (κ1) is 40.6. The number of benzene rings is 3. The standard InChI is InChI=1S/C42H41F5N4O7S/c1-22-8-4-5-9-28(22)29-10-6-12-41(23(29)2,38-49-31-16-25(21-51-13-7-11-33(51)37(52)53)34(57-40(43)44)19-35(31)56-38)39-50-32-15-24(14-30(36(32)58-39)42(45,46)47)20-48-26-17-27(18-26)59(3,54)55/h4-6,8-10,12,14-16,19,23,26-27,33,40,48H,7,11,13,17-18,20-21H2,1-3H3,(H,52,53)/t23?,26?,27?,33-,41?/m0/s1. The van der Waals surface area contributed by atoms with Crippen LogP contribution < -0.4 is 10.1 Å². The number of rotatable bonds is 12. The van der Waals surface area contributed by atoms with Crippen molar-refractivity contribution in [2.75, 3.05) is 12.8 Å². The highest BCUT2D eigenvalue weighted by Crippen LogP contribution is 2.51. The van der Waals surface area contributed by atoms with Gasteiger partial charge in [-0.2, -0.15) is 22.0 Å². The van der Waals surface area contributed by atoms with Crippen LogP contribution >= 0.6 is 0 Å². The fraction of sp³-hybridized carbons (Fsp3) is 0.405. The number of alkyl halides is 5. The molecule has 3 aliphatic rings. The lowest BCUT2D eigenvalue weighted by Crippen LogP contribution is -2.47. The van der Waals surface area contributed by atoms with E-state index in [1.54, 1.807) is 17.1 Å². The maximum Gasteiger partial charge on any atom is 0.420 e. The monoisotopic (exact) mass is 840 g/mol. The summed E-state index contributed by atoms with van der Waals surface area (Å²) in [5.41, 5.74) is 0.107. The quantitative estimate of drug-likeness (QED) is 0.117. The van der Waals surface area contributed by atoms with Gasteiger partial charge in [0.2, 0.25) is 11.8 Å². The largest absolute Gasteiger partial charge is 0.480 e. The Kier molecular flexibility index (Phi) is 10.4. The fourth-order valence-electron chi connectivity index (χ4n) is 8.60. The third-order valence-electron chi connectivity index (χ3n) is 11.9. The van der Waals surface area contributed by atoms with Crippen LogP contribution in [0.5, 0.6) is 5.75 Å². The summed E-state index contributed by atoms with van der Waals surface area (Å²) >= 11 is 0. The van der Waals surface area contributed by atoms with E-state index in [9.17, 15) is 40.3 Å². The Morgan fingerprint density at radius 3 is 2.51 bits per heavy atom. The maximum atomic E-state index is 14.8. The number of nitrogens with zero attached hydrogens (tertiary/aromatic N) is 3. The molecule has 1 aliphatic heterocycles. The summed E-state index contributed by atoms with van der Waals surface area (Å²) < 4.78 is 113. The smallest absolute Gasteiger partial charge is 0.420 e. The maximum absolute atomic E-state index is 14.8. The van der Waals surface area contributed by atoms with Gasteiger partial charge >= 0.3 is 18.8 Å². The second-order valence-electron chi connectivity index (χ2n) is 15.7. The summed E-state index contributed by atoms with van der Waals surface area (Å²) in [6.45, 7) is 0.985. The van der Waals surface area contributed by atoms with Crippen molar-refractivity contribution in [2.45, 2.75) is 88.2 Å². The lowest BCUT2D eigenvalue weighted by Gasteiger charge is -2.35. The molecule has 3 heterocycles. The Morgan fingerprint density at radius 2 is 1.81 bits per heavy atom. The Hall–Kier alpha value is -5.13. The second-order valence-corrected chi connectivity index (χ2v) is 18.0. The van der Waals surface area contributed by atoms with E-state index in [1.165, 1.54) is 24.5 Å². The van der Waals surface area contributed by atoms with Crippen LogP contribution in [0.4, 0.5) is 22.0 Å². The van der Waals surface area contributed by atoms with Crippen molar-refractivity contribution in [3.8, 4) is 5.75 Å². The highest BCUT2D eigenvalue weighted by molar-refractivity contribution is 7.91. The van der Waals surface area contributed by atoms with Crippen molar-refractivity contribution in [3.05, 3.63) is 106 Å². The van der Waals surface area contributed by atoms with E-state index in [4.69, 9.17) is 23.5 Å². The van der Waals surface area contributed by atoms with Gasteiger partial charge in [-0.15, -0.1) is 0 Å². The molecule has 2 N–H and O–H groups in total. The van der Waals surface area contributed by atoms with Crippen molar-refractivity contribution in [1.29, 1.82) is 0 Å². The molecular weight excluding hydrogens is 800 g/mol. The molecule has 3 atom stereocenters. The molecule has 0 radical (unpaired) electrons. The number of fused-ring (bicyclic) bond motifs is 2. The van der Waals surface area contributed by atoms with Crippen molar-refractivity contribution in [3.63, 3.8) is 0 Å². The van der Waals surface area contributed by atoms with E-state index < -0.39 is 62.4 Å². The molecule has 8 rings (SSSR count). The first-order valence-corrected chi connectivity index (χ1v) is 21.1. The summed E-state index contributed by atoms with van der Waals surface area (Å²) in [5.74, 6) is -2.09. The first-order chi connectivity index (χ1) is 27.9. The van der Waals surface area contributed by atoms with Crippen LogP contribution in [0.3, 0.4) is 0 Å². The average Bonchev–Trinajstić information content (AvgIpc) is 3.89. The van der Waals surface area contributed by atoms with Crippen LogP contribution in [0, 0.1) is 12.8 Å². The number of aromatic nitrogens is 2. The van der Waals surface area contributed by atoms with Crippen molar-refractivity contribution in [1.82, 2.24) is 20.2 Å². The number of halogens is 5. The molecule has 3 aromatic carbocycles. The second kappa shape index (κ2) is 15.2. The Morgan fingerprint density at radius 1 is 1.08 bits per heavy atom. The lowest BCUT2D eigenvalue weighted by atomic mass is 9.67. The van der Waals surface area contributed by atoms with Gasteiger partial charge in [0.05, 0.1) is 5.25 Å². The number of hydrogen-bond donors (Lipinski definition) is 2. The van der Waals surface area contributed by atoms with Crippen LogP contribution in [0.25, 0.3) is 27.8 Å². The highest BCUT2D eigenvalue weighted by Gasteiger charge is 2.50. The molecular formula is C42H41F5N4O7S. The van der Waals surface area contributed by atoms with E-state index in [2.05, 4.69) is 5.32 Å². The van der Waals surface area contributed by atoms with Crippen LogP contribution in [-0.2, 0) is 39.3 Å². The zero-order chi connectivity index (χ0) is 42.0. The van der Waals surface area contributed by atoms with E-state index >= 15 is 0 Å². The summed E-state index contributed by atoms with van der Waals surface area (Å²) in [6.07, 6.45) is 3.33. The Labute approximate surface area is 335 Å². The van der Waals surface area contributed by atoms with Crippen molar-refractivity contribution >= 4 is 43.6 Å². The van der Waals surface area contributed by atoms with Gasteiger partial charge in [0.25, 0.3) is 0 Å². The molecule has 17 heteroatoms. The number of allylic oxidation sites excluding steroid dienone is 4. The van der Waals surface area contributed by atoms with Crippen molar-refractivity contribution in [2.24, 2.45) is 5.92 Å². The minimum absolute atomic E-state index is 0.0190. The van der Waals surface area contributed by atoms with Crippen molar-refractivity contribution < 1.29 is 53.8 Å². The Balaban J connectivity index is 1.25. The molecule has 11 nitrogen and oxygen atoms in total. The summed E-state index contributed by atoms with van der Waals surface area (Å²) in [4.78, 5) is 23.2. The van der Waals surface area contributed by atoms with E-state index in [0.717, 1.165) is 22.8 Å². The third-order valence-corrected chi connectivity index (χ3v) is 13.5. The number of aryl methyl sites for hydroxylation is 1. The van der Waals surface area contributed by atoms with E-state index in [0.29, 0.717) is 32.2 Å². The minimum atomic E-state index is -4.85. The molecule has 1 saturated carbocycles. The van der Waals surface area contributed by atoms with Crippen LogP contribution in [0.1, 0.15) is 72.2 Å². The van der Waals surface area contributed by atoms with Gasteiger partial charge in [0.1, 0.15) is 43.6 Å². The SMILES string of the molecule is Cc1ccccc1C1=CC=CC(c2nc3cc(CN4CCC[C@H]4C(=O)O)c(OC(F)F)cc3o2)(c2nc3cc(CNC4CC(S(C)(=O)=O)C4)cc(C(F)(F)F)c3o2)C1C. The van der Waals surface area contributed by atoms with E-state index in [1.807, 2.05) is 44.2 Å². The molecule has 312 valence electrons. The number of aliphatic carboxylic acids is 1. The van der Waals surface area contributed by atoms with Gasteiger partial charge in [0.15, 0.2) is 11.2 Å². The number of ether oxygens (including phenoxy) is 1. The summed E-state index contributed by atoms with van der Waals surface area (Å²) in [6, 6.07) is 11.8. The summed E-state index contributed by atoms with van der Waals surface area (Å²) in [5, 5.41) is 12.4. The highest BCUT2D eigenvalue weighted by atomic mass is 32.2. The third kappa shape index (κ3) is 7.63. The van der Waals surface area contributed by atoms with Crippen LogP contribution in [0.15, 0.2) is 75.6 Å². The molecule has 2 aliphatic carbocycles. The molecule has 0 bridgehead atoms. The van der Waals surface area contributed by atoms with Crippen LogP contribution in [-0.4, -0.2) is 71.1 Å². The number of carboxylic acids is 1. The first-order valence-electron chi connectivity index (χ1n) is 19.2. The van der Waals surface area contributed by atoms with Crippen LogP contribution in [0.2, 0.25) is 0 Å². The molecule has 0 spiro atoms. The summed E-state index contributed by atoms with van der Waals surface area (Å²) in [7, 11) is -3.22. The van der Waals surface area contributed by atoms with Gasteiger partial charge in [-0.25, -0.2) is 18.4 Å². The lowest BCUT2D eigenvalue weighted by molar-refractivity contribution is -0.142. The van der Waals surface area contributed by atoms with E-state index in [-0.39, 0.29) is 64.4 Å². The normalized spacial score (nSPS) is 23.9. The number of likely N-dealkylation sites (tertiary alicyclic amines) is 1. The van der Waals surface area contributed by atoms with Gasteiger partial charge in [-0.05, 0) is 79.6 Å². The number of sulfone groups is 1. The molecule has 0 amide bonds. The Bertz CT molecular complexity index is 2610. The topological polar surface area (TPSA) is 148 Å². The predicted octanol–water partition coefficient (Wildman–Crippen LogP) is 8.19. The number of nitrogens with one attached hydrogen (secondary N) is 1. The average molecular weight is 841 g/mol. The number of carboxylic acid groups (broad SMARTS) is 1. The van der Waals surface area contributed by atoms with Gasteiger partial charge < -0.3 is 24.0 Å². The van der Waals surface area contributed by atoms with Gasteiger partial charge in [-0.3, -0.25) is 9.69 Å². The zero-order valence-electron chi connectivity index (χ0n) is 32.2. The van der Waals surface area contributed by atoms with Gasteiger partial charge in [0, 0.05) is 42.9 Å². The molecule has 2 aromatic heterocycles. The number of hydrogen-bond acceptors (Lipinski definition) is 10. The molecule has 2 unspecified atom stereocenters. The number of oxazole rings is 2. The fourth-order valence-corrected chi connectivity index (χ4v) is 9.77. The molecule has 5 aromatic rings. The molecule has 1 saturated heterocycles.